The summed E-state index contributed by atoms with van der Waals surface area (Å²) in [6.07, 6.45) is 12.6. The molecular weight excluding hydrogens is 364 g/mol. The minimum Gasteiger partial charge on any atom is -0.481 e. The molecule has 0 heterocycles. The second-order valence-corrected chi connectivity index (χ2v) is 9.47. The molecule has 4 heteroatoms. The van der Waals surface area contributed by atoms with Gasteiger partial charge in [-0.05, 0) is 95.2 Å². The van der Waals surface area contributed by atoms with E-state index in [1.807, 2.05) is 13.8 Å². The number of carbonyl (C=O) groups is 2. The van der Waals surface area contributed by atoms with Crippen molar-refractivity contribution in [2.75, 3.05) is 0 Å². The molecule has 0 saturated heterocycles. The fourth-order valence-electron chi connectivity index (χ4n) is 3.94. The van der Waals surface area contributed by atoms with Crippen molar-refractivity contribution in [1.82, 2.24) is 0 Å². The van der Waals surface area contributed by atoms with Gasteiger partial charge in [-0.1, -0.05) is 37.5 Å². The number of benzene rings is 1. The minimum atomic E-state index is -0.700. The van der Waals surface area contributed by atoms with Crippen molar-refractivity contribution >= 4 is 12.4 Å². The number of aliphatic carboxylic acids is 1. The van der Waals surface area contributed by atoms with E-state index < -0.39 is 11.4 Å². The van der Waals surface area contributed by atoms with Gasteiger partial charge in [0, 0.05) is 0 Å². The molecule has 1 aliphatic rings. The van der Waals surface area contributed by atoms with Crippen LogP contribution >= 0.6 is 0 Å². The van der Waals surface area contributed by atoms with Crippen LogP contribution in [0.1, 0.15) is 94.7 Å². The summed E-state index contributed by atoms with van der Waals surface area (Å²) in [5.74, 6) is -0.700. The van der Waals surface area contributed by atoms with Crippen molar-refractivity contribution in [1.29, 1.82) is 0 Å². The van der Waals surface area contributed by atoms with Crippen LogP contribution in [0, 0.1) is 12.3 Å². The van der Waals surface area contributed by atoms with Gasteiger partial charge in [0.25, 0.3) is 6.47 Å². The molecule has 0 unspecified atom stereocenters. The largest absolute Gasteiger partial charge is 0.481 e. The number of rotatable bonds is 15. The van der Waals surface area contributed by atoms with Crippen molar-refractivity contribution in [3.63, 3.8) is 0 Å². The van der Waals surface area contributed by atoms with Crippen LogP contribution in [0.4, 0.5) is 0 Å². The zero-order chi connectivity index (χ0) is 21.3. The van der Waals surface area contributed by atoms with Crippen LogP contribution in [-0.4, -0.2) is 23.1 Å². The lowest BCUT2D eigenvalue weighted by Gasteiger charge is -2.18. The highest BCUT2D eigenvalue weighted by Crippen LogP contribution is 2.43. The van der Waals surface area contributed by atoms with Crippen LogP contribution in [-0.2, 0) is 27.2 Å². The van der Waals surface area contributed by atoms with E-state index in [1.165, 1.54) is 16.7 Å². The fourth-order valence-corrected chi connectivity index (χ4v) is 3.94. The Bertz CT molecular complexity index is 673. The average Bonchev–Trinajstić information content (AvgIpc) is 3.43. The number of carbonyl (C=O) groups excluding carboxylic acids is 1. The molecule has 2 rings (SSSR count). The van der Waals surface area contributed by atoms with Crippen molar-refractivity contribution in [2.24, 2.45) is 5.41 Å². The van der Waals surface area contributed by atoms with Crippen LogP contribution in [0.2, 0.25) is 0 Å². The number of ether oxygens (including phenoxy) is 1. The van der Waals surface area contributed by atoms with Gasteiger partial charge >= 0.3 is 5.97 Å². The third-order valence-electron chi connectivity index (χ3n) is 6.44. The highest BCUT2D eigenvalue weighted by Gasteiger charge is 2.44. The topological polar surface area (TPSA) is 63.6 Å². The third-order valence-corrected chi connectivity index (χ3v) is 6.44. The SMILES string of the molecule is Cc1ccc(CCCCC2(OC=O)CC2)cc1CCCCCCC(C)(C)C(=O)O. The Balaban J connectivity index is 1.66. The van der Waals surface area contributed by atoms with E-state index in [0.29, 0.717) is 6.47 Å². The van der Waals surface area contributed by atoms with Crippen molar-refractivity contribution in [2.45, 2.75) is 103 Å². The quantitative estimate of drug-likeness (QED) is 0.288. The molecule has 1 aliphatic carbocycles. The first-order chi connectivity index (χ1) is 13.8. The highest BCUT2D eigenvalue weighted by molar-refractivity contribution is 5.73. The first kappa shape index (κ1) is 23.4. The molecule has 0 aromatic heterocycles. The number of hydrogen-bond acceptors (Lipinski definition) is 3. The molecular formula is C25H38O4. The van der Waals surface area contributed by atoms with Gasteiger partial charge in [-0.25, -0.2) is 0 Å². The molecule has 1 aromatic rings. The summed E-state index contributed by atoms with van der Waals surface area (Å²) in [6, 6.07) is 6.83. The first-order valence-electron chi connectivity index (χ1n) is 11.2. The molecule has 1 N–H and O–H groups in total. The molecule has 1 fully saturated rings. The maximum atomic E-state index is 11.2. The van der Waals surface area contributed by atoms with Crippen molar-refractivity contribution in [3.8, 4) is 0 Å². The van der Waals surface area contributed by atoms with Crippen LogP contribution in [0.25, 0.3) is 0 Å². The number of hydrogen-bond donors (Lipinski definition) is 1. The van der Waals surface area contributed by atoms with Crippen molar-refractivity contribution in [3.05, 3.63) is 34.9 Å². The minimum absolute atomic E-state index is 0.125. The highest BCUT2D eigenvalue weighted by atomic mass is 16.5. The normalized spacial score (nSPS) is 15.1. The number of unbranched alkanes of at least 4 members (excludes halogenated alkanes) is 4. The van der Waals surface area contributed by atoms with Gasteiger partial charge in [-0.15, -0.1) is 0 Å². The number of aryl methyl sites for hydroxylation is 3. The second kappa shape index (κ2) is 10.8. The number of carboxylic acid groups (broad SMARTS) is 1. The summed E-state index contributed by atoms with van der Waals surface area (Å²) in [5, 5.41) is 9.17. The Kier molecular flexibility index (Phi) is 8.73. The summed E-state index contributed by atoms with van der Waals surface area (Å²) in [5.41, 5.74) is 3.46. The molecule has 0 bridgehead atoms. The smallest absolute Gasteiger partial charge is 0.309 e. The standard InChI is InChI=1S/C25H38O4/c1-20-12-13-21(10-7-9-15-25(16-17-25)29-19-26)18-22(20)11-6-4-5-8-14-24(2,3)23(27)28/h12-13,18-19H,4-11,14-17H2,1-3H3,(H,27,28). The van der Waals surface area contributed by atoms with Crippen LogP contribution in [0.15, 0.2) is 18.2 Å². The van der Waals surface area contributed by atoms with E-state index in [0.717, 1.165) is 77.0 Å². The Labute approximate surface area is 176 Å². The van der Waals surface area contributed by atoms with Gasteiger partial charge in [0.2, 0.25) is 0 Å². The summed E-state index contributed by atoms with van der Waals surface area (Å²) >= 11 is 0. The third kappa shape index (κ3) is 7.83. The Morgan fingerprint density at radius 2 is 1.79 bits per heavy atom. The zero-order valence-electron chi connectivity index (χ0n) is 18.5. The molecule has 162 valence electrons. The van der Waals surface area contributed by atoms with Gasteiger partial charge in [0.1, 0.15) is 5.60 Å². The van der Waals surface area contributed by atoms with Gasteiger partial charge in [0.05, 0.1) is 5.41 Å². The Morgan fingerprint density at radius 3 is 2.45 bits per heavy atom. The average molecular weight is 403 g/mol. The maximum absolute atomic E-state index is 11.2. The summed E-state index contributed by atoms with van der Waals surface area (Å²) in [4.78, 5) is 21.7. The lowest BCUT2D eigenvalue weighted by molar-refractivity contribution is -0.147. The lowest BCUT2D eigenvalue weighted by atomic mass is 9.87. The van der Waals surface area contributed by atoms with Crippen LogP contribution in [0.3, 0.4) is 0 Å². The van der Waals surface area contributed by atoms with Crippen LogP contribution < -0.4 is 0 Å². The van der Waals surface area contributed by atoms with E-state index in [1.54, 1.807) is 0 Å². The number of carboxylic acids is 1. The molecule has 0 atom stereocenters. The Morgan fingerprint density at radius 1 is 1.10 bits per heavy atom. The molecule has 29 heavy (non-hydrogen) atoms. The van der Waals surface area contributed by atoms with E-state index in [9.17, 15) is 14.7 Å². The van der Waals surface area contributed by atoms with Gasteiger partial charge in [0.15, 0.2) is 0 Å². The fraction of sp³-hybridized carbons (Fsp3) is 0.680. The summed E-state index contributed by atoms with van der Waals surface area (Å²) in [6.45, 7) is 6.41. The predicted molar refractivity (Wildman–Crippen MR) is 116 cm³/mol. The lowest BCUT2D eigenvalue weighted by Crippen LogP contribution is -2.23. The van der Waals surface area contributed by atoms with Crippen molar-refractivity contribution < 1.29 is 19.4 Å². The van der Waals surface area contributed by atoms with Gasteiger partial charge in [-0.2, -0.15) is 0 Å². The molecule has 1 aromatic carbocycles. The van der Waals surface area contributed by atoms with E-state index in [4.69, 9.17) is 4.74 Å². The molecule has 0 radical (unpaired) electrons. The molecule has 0 aliphatic heterocycles. The maximum Gasteiger partial charge on any atom is 0.309 e. The van der Waals surface area contributed by atoms with Gasteiger partial charge < -0.3 is 9.84 Å². The first-order valence-corrected chi connectivity index (χ1v) is 11.2. The molecule has 0 amide bonds. The van der Waals surface area contributed by atoms with Gasteiger partial charge in [-0.3, -0.25) is 9.59 Å². The molecule has 0 spiro atoms. The summed E-state index contributed by atoms with van der Waals surface area (Å²) in [7, 11) is 0. The molecule has 1 saturated carbocycles. The monoisotopic (exact) mass is 402 g/mol. The van der Waals surface area contributed by atoms with E-state index >= 15 is 0 Å². The second-order valence-electron chi connectivity index (χ2n) is 9.47. The van der Waals surface area contributed by atoms with E-state index in [-0.39, 0.29) is 5.60 Å². The van der Waals surface area contributed by atoms with E-state index in [2.05, 4.69) is 25.1 Å². The predicted octanol–water partition coefficient (Wildman–Crippen LogP) is 6.02. The van der Waals surface area contributed by atoms with Crippen LogP contribution in [0.5, 0.6) is 0 Å². The molecule has 4 nitrogen and oxygen atoms in total. The zero-order valence-corrected chi connectivity index (χ0v) is 18.5. The summed E-state index contributed by atoms with van der Waals surface area (Å²) < 4.78 is 5.22. The Hall–Kier alpha value is -1.84.